The summed E-state index contributed by atoms with van der Waals surface area (Å²) in [4.78, 5) is 22.6. The highest BCUT2D eigenvalue weighted by atomic mass is 16.5. The first kappa shape index (κ1) is 15.0. The van der Waals surface area contributed by atoms with Gasteiger partial charge >= 0.3 is 0 Å². The lowest BCUT2D eigenvalue weighted by atomic mass is 10.2. The molecule has 3 heterocycles. The molecule has 0 radical (unpaired) electrons. The van der Waals surface area contributed by atoms with Gasteiger partial charge in [0.25, 0.3) is 0 Å². The lowest BCUT2D eigenvalue weighted by Gasteiger charge is -2.27. The Morgan fingerprint density at radius 3 is 3.05 bits per heavy atom. The second-order valence-electron chi connectivity index (χ2n) is 5.54. The summed E-state index contributed by atoms with van der Waals surface area (Å²) in [7, 11) is 0. The van der Waals surface area contributed by atoms with E-state index in [1.165, 1.54) is 6.33 Å². The highest BCUT2D eigenvalue weighted by Gasteiger charge is 2.25. The summed E-state index contributed by atoms with van der Waals surface area (Å²) >= 11 is 0. The van der Waals surface area contributed by atoms with Crippen LogP contribution < -0.4 is 16.0 Å². The Bertz CT molecular complexity index is 532. The van der Waals surface area contributed by atoms with Crippen molar-refractivity contribution in [3.8, 4) is 0 Å². The fourth-order valence-corrected chi connectivity index (χ4v) is 2.58. The molecule has 8 nitrogen and oxygen atoms in total. The average Bonchev–Trinajstić information content (AvgIpc) is 2.54. The molecule has 0 aromatic carbocycles. The summed E-state index contributed by atoms with van der Waals surface area (Å²) in [6, 6.07) is -0.281. The van der Waals surface area contributed by atoms with E-state index in [9.17, 15) is 4.79 Å². The van der Waals surface area contributed by atoms with Crippen molar-refractivity contribution in [2.24, 2.45) is 0 Å². The molecule has 1 aromatic rings. The first-order chi connectivity index (χ1) is 10.7. The van der Waals surface area contributed by atoms with Gasteiger partial charge in [0.15, 0.2) is 11.6 Å². The number of carbonyl (C=O) groups excluding carboxylic acids is 1. The summed E-state index contributed by atoms with van der Waals surface area (Å²) in [5.74, 6) is 1.26. The van der Waals surface area contributed by atoms with Crippen LogP contribution in [0.5, 0.6) is 0 Å². The average molecular weight is 306 g/mol. The molecule has 2 aliphatic heterocycles. The van der Waals surface area contributed by atoms with Crippen molar-refractivity contribution < 1.29 is 9.53 Å². The number of anilines is 3. The first-order valence-electron chi connectivity index (χ1n) is 7.70. The molecule has 8 heteroatoms. The summed E-state index contributed by atoms with van der Waals surface area (Å²) in [6.45, 7) is 7.28. The number of rotatable bonds is 5. The lowest BCUT2D eigenvalue weighted by Crippen LogP contribution is -2.38. The van der Waals surface area contributed by atoms with E-state index < -0.39 is 0 Å². The van der Waals surface area contributed by atoms with Gasteiger partial charge in [0, 0.05) is 19.6 Å². The molecular formula is C14H22N6O2. The van der Waals surface area contributed by atoms with Gasteiger partial charge in [-0.3, -0.25) is 9.69 Å². The molecule has 0 bridgehead atoms. The fraction of sp³-hybridized carbons (Fsp3) is 0.643. The molecule has 1 amide bonds. The summed E-state index contributed by atoms with van der Waals surface area (Å²) in [6.07, 6.45) is 2.51. The van der Waals surface area contributed by atoms with E-state index >= 15 is 0 Å². The van der Waals surface area contributed by atoms with Crippen molar-refractivity contribution in [3.05, 3.63) is 6.33 Å². The molecule has 22 heavy (non-hydrogen) atoms. The quantitative estimate of drug-likeness (QED) is 0.677. The second-order valence-corrected chi connectivity index (χ2v) is 5.54. The monoisotopic (exact) mass is 306 g/mol. The smallest absolute Gasteiger partial charge is 0.246 e. The zero-order chi connectivity index (χ0) is 15.4. The molecule has 0 spiro atoms. The van der Waals surface area contributed by atoms with Crippen LogP contribution in [0.4, 0.5) is 17.3 Å². The molecular weight excluding hydrogens is 284 g/mol. The Kier molecular flexibility index (Phi) is 4.69. The Hall–Kier alpha value is -1.93. The standard InChI is InChI=1S/C14H22N6O2/c1-10-14(21)19-11-12(16-9-17-13(11)18-10)15-3-2-4-20-5-7-22-8-6-20/h9-10H,2-8H2,1H3,(H,19,21)(H2,15,16,17,18). The molecule has 1 atom stereocenters. The minimum atomic E-state index is -0.281. The zero-order valence-electron chi connectivity index (χ0n) is 12.8. The number of amides is 1. The molecule has 0 saturated carbocycles. The molecule has 3 N–H and O–H groups in total. The van der Waals surface area contributed by atoms with Gasteiger partial charge in [0.1, 0.15) is 18.1 Å². The van der Waals surface area contributed by atoms with Crippen LogP contribution in [0.3, 0.4) is 0 Å². The molecule has 1 saturated heterocycles. The van der Waals surface area contributed by atoms with Crippen LogP contribution in [0, 0.1) is 0 Å². The SMILES string of the molecule is CC1Nc2ncnc(NCCCN3CCOCC3)c2NC1=O. The molecule has 2 aliphatic rings. The van der Waals surface area contributed by atoms with Crippen LogP contribution in [0.2, 0.25) is 0 Å². The molecule has 0 aliphatic carbocycles. The minimum Gasteiger partial charge on any atom is -0.379 e. The number of hydrogen-bond acceptors (Lipinski definition) is 7. The van der Waals surface area contributed by atoms with Crippen LogP contribution in [-0.4, -0.2) is 66.2 Å². The largest absolute Gasteiger partial charge is 0.379 e. The van der Waals surface area contributed by atoms with E-state index in [2.05, 4.69) is 30.8 Å². The van der Waals surface area contributed by atoms with Gasteiger partial charge in [-0.25, -0.2) is 9.97 Å². The van der Waals surface area contributed by atoms with E-state index in [0.717, 1.165) is 45.8 Å². The van der Waals surface area contributed by atoms with Crippen molar-refractivity contribution >= 4 is 23.2 Å². The third-order valence-electron chi connectivity index (χ3n) is 3.89. The molecule has 1 aromatic heterocycles. The Labute approximate surface area is 129 Å². The topological polar surface area (TPSA) is 91.4 Å². The predicted molar refractivity (Wildman–Crippen MR) is 84.1 cm³/mol. The summed E-state index contributed by atoms with van der Waals surface area (Å²) in [5, 5.41) is 9.20. The number of aromatic nitrogens is 2. The molecule has 1 fully saturated rings. The predicted octanol–water partition coefficient (Wildman–Crippen LogP) is 0.363. The number of nitrogens with zero attached hydrogens (tertiary/aromatic N) is 3. The van der Waals surface area contributed by atoms with Crippen molar-refractivity contribution in [2.75, 3.05) is 55.3 Å². The van der Waals surface area contributed by atoms with Crippen molar-refractivity contribution in [3.63, 3.8) is 0 Å². The number of nitrogens with one attached hydrogen (secondary N) is 3. The van der Waals surface area contributed by atoms with Gasteiger partial charge in [0.2, 0.25) is 5.91 Å². The Morgan fingerprint density at radius 1 is 1.41 bits per heavy atom. The van der Waals surface area contributed by atoms with Crippen LogP contribution in [-0.2, 0) is 9.53 Å². The van der Waals surface area contributed by atoms with Gasteiger partial charge in [-0.15, -0.1) is 0 Å². The maximum Gasteiger partial charge on any atom is 0.246 e. The number of morpholine rings is 1. The molecule has 120 valence electrons. The van der Waals surface area contributed by atoms with Crippen LogP contribution in [0.15, 0.2) is 6.33 Å². The number of ether oxygens (including phenoxy) is 1. The van der Waals surface area contributed by atoms with E-state index in [4.69, 9.17) is 4.74 Å². The van der Waals surface area contributed by atoms with E-state index in [1.54, 1.807) is 6.92 Å². The molecule has 1 unspecified atom stereocenters. The number of hydrogen-bond donors (Lipinski definition) is 3. The third kappa shape index (κ3) is 3.45. The van der Waals surface area contributed by atoms with Crippen LogP contribution in [0.1, 0.15) is 13.3 Å². The fourth-order valence-electron chi connectivity index (χ4n) is 2.58. The Morgan fingerprint density at radius 2 is 2.23 bits per heavy atom. The molecule has 3 rings (SSSR count). The lowest BCUT2D eigenvalue weighted by molar-refractivity contribution is -0.116. The van der Waals surface area contributed by atoms with Gasteiger partial charge in [-0.2, -0.15) is 0 Å². The second kappa shape index (κ2) is 6.89. The summed E-state index contributed by atoms with van der Waals surface area (Å²) < 4.78 is 5.33. The van der Waals surface area contributed by atoms with Crippen LogP contribution >= 0.6 is 0 Å². The van der Waals surface area contributed by atoms with E-state index in [1.807, 2.05) is 0 Å². The Balaban J connectivity index is 1.52. The van der Waals surface area contributed by atoms with Crippen molar-refractivity contribution in [1.29, 1.82) is 0 Å². The highest BCUT2D eigenvalue weighted by Crippen LogP contribution is 2.29. The normalized spacial score (nSPS) is 21.7. The van der Waals surface area contributed by atoms with Gasteiger partial charge in [-0.05, 0) is 19.9 Å². The van der Waals surface area contributed by atoms with E-state index in [-0.39, 0.29) is 11.9 Å². The zero-order valence-corrected chi connectivity index (χ0v) is 12.8. The van der Waals surface area contributed by atoms with Gasteiger partial charge in [-0.1, -0.05) is 0 Å². The maximum absolute atomic E-state index is 11.8. The number of carbonyl (C=O) groups is 1. The van der Waals surface area contributed by atoms with Crippen molar-refractivity contribution in [1.82, 2.24) is 14.9 Å². The summed E-state index contributed by atoms with van der Waals surface area (Å²) in [5.41, 5.74) is 0.636. The minimum absolute atomic E-state index is 0.0707. The third-order valence-corrected chi connectivity index (χ3v) is 3.89. The van der Waals surface area contributed by atoms with Gasteiger partial charge < -0.3 is 20.7 Å². The highest BCUT2D eigenvalue weighted by molar-refractivity contribution is 6.04. The van der Waals surface area contributed by atoms with Crippen LogP contribution in [0.25, 0.3) is 0 Å². The van der Waals surface area contributed by atoms with Crippen molar-refractivity contribution in [2.45, 2.75) is 19.4 Å². The maximum atomic E-state index is 11.8. The van der Waals surface area contributed by atoms with Gasteiger partial charge in [0.05, 0.1) is 13.2 Å². The van der Waals surface area contributed by atoms with E-state index in [0.29, 0.717) is 17.3 Å². The first-order valence-corrected chi connectivity index (χ1v) is 7.70. The number of fused-ring (bicyclic) bond motifs is 1.